The fourth-order valence-electron chi connectivity index (χ4n) is 4.34. The number of nitrogens with one attached hydrogen (secondary N) is 1. The molecule has 0 radical (unpaired) electrons. The van der Waals surface area contributed by atoms with Crippen molar-refractivity contribution in [1.82, 2.24) is 4.90 Å². The number of benzene rings is 3. The molecule has 1 saturated heterocycles. The van der Waals surface area contributed by atoms with Crippen LogP contribution in [0.3, 0.4) is 0 Å². The quantitative estimate of drug-likeness (QED) is 0.447. The molecule has 6 heteroatoms. The monoisotopic (exact) mass is 455 g/mol. The van der Waals surface area contributed by atoms with Gasteiger partial charge < -0.3 is 15.1 Å². The number of rotatable bonds is 4. The van der Waals surface area contributed by atoms with Crippen LogP contribution in [0.25, 0.3) is 10.8 Å². The van der Waals surface area contributed by atoms with E-state index in [4.69, 9.17) is 0 Å². The number of thiophene rings is 1. The predicted octanol–water partition coefficient (Wildman–Crippen LogP) is 5.42. The minimum absolute atomic E-state index is 0.111. The summed E-state index contributed by atoms with van der Waals surface area (Å²) in [5.74, 6) is 0.00555. The van der Waals surface area contributed by atoms with E-state index in [0.29, 0.717) is 18.7 Å². The van der Waals surface area contributed by atoms with Crippen molar-refractivity contribution >= 4 is 45.3 Å². The normalized spacial score (nSPS) is 13.8. The first-order valence-corrected chi connectivity index (χ1v) is 12.0. The lowest BCUT2D eigenvalue weighted by Gasteiger charge is -2.36. The summed E-state index contributed by atoms with van der Waals surface area (Å²) in [6.45, 7) is 5.04. The molecule has 5 rings (SSSR count). The second-order valence-electron chi connectivity index (χ2n) is 8.23. The van der Waals surface area contributed by atoms with Gasteiger partial charge >= 0.3 is 0 Å². The first-order chi connectivity index (χ1) is 16.1. The largest absolute Gasteiger partial charge is 0.368 e. The van der Waals surface area contributed by atoms with E-state index in [0.717, 1.165) is 45.7 Å². The molecular formula is C27H25N3O2S. The zero-order chi connectivity index (χ0) is 22.8. The topological polar surface area (TPSA) is 52.7 Å². The maximum Gasteiger partial charge on any atom is 0.264 e. The highest BCUT2D eigenvalue weighted by molar-refractivity contribution is 7.12. The minimum atomic E-state index is -0.111. The molecule has 2 amide bonds. The molecule has 1 aliphatic heterocycles. The van der Waals surface area contributed by atoms with Crippen LogP contribution in [0.2, 0.25) is 0 Å². The van der Waals surface area contributed by atoms with Crippen molar-refractivity contribution in [2.45, 2.75) is 6.92 Å². The van der Waals surface area contributed by atoms with Gasteiger partial charge in [-0.3, -0.25) is 9.59 Å². The lowest BCUT2D eigenvalue weighted by atomic mass is 10.0. The molecule has 2 heterocycles. The SMILES string of the molecule is Cc1cccc2c(C(=O)Nc3ccc(N4CCN(C(=O)c5cccs5)CC4)cc3)cccc12. The molecular weight excluding hydrogens is 430 g/mol. The molecule has 0 saturated carbocycles. The van der Waals surface area contributed by atoms with E-state index < -0.39 is 0 Å². The zero-order valence-electron chi connectivity index (χ0n) is 18.5. The molecule has 4 aromatic rings. The average Bonchev–Trinajstić information content (AvgIpc) is 3.39. The third kappa shape index (κ3) is 4.34. The summed E-state index contributed by atoms with van der Waals surface area (Å²) in [4.78, 5) is 30.5. The van der Waals surface area contributed by atoms with Crippen LogP contribution in [0.15, 0.2) is 78.2 Å². The van der Waals surface area contributed by atoms with Crippen LogP contribution in [-0.4, -0.2) is 42.9 Å². The van der Waals surface area contributed by atoms with E-state index in [1.54, 1.807) is 0 Å². The van der Waals surface area contributed by atoms with Gasteiger partial charge in [-0.2, -0.15) is 0 Å². The highest BCUT2D eigenvalue weighted by atomic mass is 32.1. The third-order valence-corrected chi connectivity index (χ3v) is 7.03. The smallest absolute Gasteiger partial charge is 0.264 e. The maximum atomic E-state index is 13.0. The molecule has 3 aromatic carbocycles. The molecule has 0 atom stereocenters. The molecule has 33 heavy (non-hydrogen) atoms. The van der Waals surface area contributed by atoms with Gasteiger partial charge in [0.05, 0.1) is 4.88 Å². The Morgan fingerprint density at radius 2 is 1.55 bits per heavy atom. The van der Waals surface area contributed by atoms with Crippen molar-refractivity contribution < 1.29 is 9.59 Å². The number of carbonyl (C=O) groups excluding carboxylic acids is 2. The van der Waals surface area contributed by atoms with Gasteiger partial charge in [-0.25, -0.2) is 0 Å². The first-order valence-electron chi connectivity index (χ1n) is 11.1. The van der Waals surface area contributed by atoms with Gasteiger partial charge in [0.25, 0.3) is 11.8 Å². The van der Waals surface area contributed by atoms with Crippen LogP contribution in [0.4, 0.5) is 11.4 Å². The number of anilines is 2. The van der Waals surface area contributed by atoms with E-state index >= 15 is 0 Å². The number of carbonyl (C=O) groups is 2. The molecule has 1 aliphatic rings. The van der Waals surface area contributed by atoms with E-state index in [1.807, 2.05) is 77.0 Å². The van der Waals surface area contributed by atoms with Gasteiger partial charge in [0.2, 0.25) is 0 Å². The van der Waals surface area contributed by atoms with Crippen LogP contribution in [0.1, 0.15) is 25.6 Å². The molecule has 1 fully saturated rings. The third-order valence-electron chi connectivity index (χ3n) is 6.17. The van der Waals surface area contributed by atoms with Crippen molar-refractivity contribution in [2.75, 3.05) is 36.4 Å². The average molecular weight is 456 g/mol. The Kier molecular flexibility index (Phi) is 5.84. The molecule has 5 nitrogen and oxygen atoms in total. The van der Waals surface area contributed by atoms with Crippen LogP contribution in [0.5, 0.6) is 0 Å². The second-order valence-corrected chi connectivity index (χ2v) is 9.18. The summed E-state index contributed by atoms with van der Waals surface area (Å²) < 4.78 is 0. The van der Waals surface area contributed by atoms with Gasteiger partial charge in [-0.05, 0) is 65.0 Å². The van der Waals surface area contributed by atoms with Gasteiger partial charge in [0, 0.05) is 43.1 Å². The van der Waals surface area contributed by atoms with Gasteiger partial charge in [-0.15, -0.1) is 11.3 Å². The number of aryl methyl sites for hydroxylation is 1. The molecule has 1 N–H and O–H groups in total. The second kappa shape index (κ2) is 9.08. The summed E-state index contributed by atoms with van der Waals surface area (Å²) in [5, 5.41) is 7.02. The Balaban J connectivity index is 1.23. The number of nitrogens with zero attached hydrogens (tertiary/aromatic N) is 2. The Bertz CT molecular complexity index is 1290. The molecule has 0 aliphatic carbocycles. The Labute approximate surface area is 197 Å². The van der Waals surface area contributed by atoms with Crippen LogP contribution in [0, 0.1) is 6.92 Å². The standard InChI is InChI=1S/C27H25N3O2S/c1-19-5-2-7-23-22(19)6-3-8-24(23)26(31)28-20-10-12-21(13-11-20)29-14-16-30(17-15-29)27(32)25-9-4-18-33-25/h2-13,18H,14-17H2,1H3,(H,28,31). The summed E-state index contributed by atoms with van der Waals surface area (Å²) in [5.41, 5.74) is 3.69. The molecule has 0 spiro atoms. The summed E-state index contributed by atoms with van der Waals surface area (Å²) >= 11 is 1.49. The summed E-state index contributed by atoms with van der Waals surface area (Å²) in [7, 11) is 0. The fourth-order valence-corrected chi connectivity index (χ4v) is 5.03. The van der Waals surface area contributed by atoms with Crippen LogP contribution >= 0.6 is 11.3 Å². The number of amides is 2. The van der Waals surface area contributed by atoms with E-state index in [2.05, 4.69) is 23.2 Å². The van der Waals surface area contributed by atoms with Gasteiger partial charge in [0.1, 0.15) is 0 Å². The van der Waals surface area contributed by atoms with Gasteiger partial charge in [0.15, 0.2) is 0 Å². The van der Waals surface area contributed by atoms with E-state index in [9.17, 15) is 9.59 Å². The molecule has 0 unspecified atom stereocenters. The Morgan fingerprint density at radius 1 is 0.818 bits per heavy atom. The minimum Gasteiger partial charge on any atom is -0.368 e. The van der Waals surface area contributed by atoms with Crippen molar-refractivity contribution in [3.63, 3.8) is 0 Å². The van der Waals surface area contributed by atoms with Crippen molar-refractivity contribution in [1.29, 1.82) is 0 Å². The first kappa shape index (κ1) is 21.2. The lowest BCUT2D eigenvalue weighted by molar-refractivity contribution is 0.0751. The number of hydrogen-bond acceptors (Lipinski definition) is 4. The highest BCUT2D eigenvalue weighted by Crippen LogP contribution is 2.24. The van der Waals surface area contributed by atoms with Crippen LogP contribution < -0.4 is 10.2 Å². The number of fused-ring (bicyclic) bond motifs is 1. The van der Waals surface area contributed by atoms with Crippen molar-refractivity contribution in [2.24, 2.45) is 0 Å². The Hall–Kier alpha value is -3.64. The van der Waals surface area contributed by atoms with Gasteiger partial charge in [-0.1, -0.05) is 36.4 Å². The fraction of sp³-hybridized carbons (Fsp3) is 0.185. The number of hydrogen-bond donors (Lipinski definition) is 1. The van der Waals surface area contributed by atoms with Crippen molar-refractivity contribution in [3.05, 3.63) is 94.2 Å². The Morgan fingerprint density at radius 3 is 2.27 bits per heavy atom. The van der Waals surface area contributed by atoms with Crippen molar-refractivity contribution in [3.8, 4) is 0 Å². The van der Waals surface area contributed by atoms with E-state index in [1.165, 1.54) is 11.3 Å². The number of piperazine rings is 1. The lowest BCUT2D eigenvalue weighted by Crippen LogP contribution is -2.48. The highest BCUT2D eigenvalue weighted by Gasteiger charge is 2.23. The summed E-state index contributed by atoms with van der Waals surface area (Å²) in [6.07, 6.45) is 0. The molecule has 0 bridgehead atoms. The summed E-state index contributed by atoms with van der Waals surface area (Å²) in [6, 6.07) is 23.6. The zero-order valence-corrected chi connectivity index (χ0v) is 19.3. The molecule has 1 aromatic heterocycles. The maximum absolute atomic E-state index is 13.0. The van der Waals surface area contributed by atoms with E-state index in [-0.39, 0.29) is 11.8 Å². The predicted molar refractivity (Wildman–Crippen MR) is 136 cm³/mol. The van der Waals surface area contributed by atoms with Crippen LogP contribution in [-0.2, 0) is 0 Å². The molecule has 166 valence electrons.